The first kappa shape index (κ1) is 14.1. The molecule has 1 atom stereocenters. The molecule has 2 aromatic heterocycles. The lowest BCUT2D eigenvalue weighted by Crippen LogP contribution is -2.28. The number of carbonyl (C=O) groups excluding carboxylic acids is 1. The fraction of sp³-hybridized carbons (Fsp3) is 0.0625. The summed E-state index contributed by atoms with van der Waals surface area (Å²) in [5, 5.41) is 5.07. The summed E-state index contributed by atoms with van der Waals surface area (Å²) in [6.07, 6.45) is 1.49. The smallest absolute Gasteiger partial charge is 0.256 e. The second-order valence-electron chi connectivity index (χ2n) is 4.44. The van der Waals surface area contributed by atoms with E-state index < -0.39 is 0 Å². The van der Waals surface area contributed by atoms with E-state index in [1.54, 1.807) is 17.4 Å². The van der Waals surface area contributed by atoms with Gasteiger partial charge in [-0.15, -0.1) is 11.3 Å². The highest BCUT2D eigenvalue weighted by atomic mass is 79.9. The van der Waals surface area contributed by atoms with Crippen LogP contribution in [0, 0.1) is 0 Å². The highest BCUT2D eigenvalue weighted by molar-refractivity contribution is 9.10. The standard InChI is InChI=1S/C16H12BrNO2S/c17-15-12(8-9-20-15)16(19)18-14(13-7-4-10-21-13)11-5-2-1-3-6-11/h1-10,14H,(H,18,19). The topological polar surface area (TPSA) is 42.2 Å². The number of carbonyl (C=O) groups is 1. The molecule has 3 aromatic rings. The van der Waals surface area contributed by atoms with Gasteiger partial charge >= 0.3 is 0 Å². The van der Waals surface area contributed by atoms with Crippen molar-refractivity contribution in [1.29, 1.82) is 0 Å². The highest BCUT2D eigenvalue weighted by Crippen LogP contribution is 2.27. The molecule has 5 heteroatoms. The molecule has 0 aliphatic carbocycles. The summed E-state index contributed by atoms with van der Waals surface area (Å²) in [4.78, 5) is 13.5. The summed E-state index contributed by atoms with van der Waals surface area (Å²) in [5.74, 6) is -0.169. The van der Waals surface area contributed by atoms with Crippen molar-refractivity contribution in [2.24, 2.45) is 0 Å². The molecule has 106 valence electrons. The SMILES string of the molecule is O=C(NC(c1ccccc1)c1cccs1)c1ccoc1Br. The number of amides is 1. The van der Waals surface area contributed by atoms with Gasteiger partial charge in [-0.2, -0.15) is 0 Å². The van der Waals surface area contributed by atoms with Gasteiger partial charge in [0.1, 0.15) is 0 Å². The molecule has 0 radical (unpaired) electrons. The number of rotatable bonds is 4. The molecule has 0 saturated carbocycles. The van der Waals surface area contributed by atoms with E-state index in [1.807, 2.05) is 47.8 Å². The molecule has 3 rings (SSSR count). The van der Waals surface area contributed by atoms with Gasteiger partial charge in [0.25, 0.3) is 5.91 Å². The molecule has 1 aromatic carbocycles. The minimum absolute atomic E-state index is 0.166. The minimum Gasteiger partial charge on any atom is -0.457 e. The number of furan rings is 1. The summed E-state index contributed by atoms with van der Waals surface area (Å²) >= 11 is 4.86. The van der Waals surface area contributed by atoms with Crippen LogP contribution in [0.4, 0.5) is 0 Å². The Morgan fingerprint density at radius 3 is 2.57 bits per heavy atom. The number of halogens is 1. The average Bonchev–Trinajstić information content (AvgIpc) is 3.17. The summed E-state index contributed by atoms with van der Waals surface area (Å²) in [6.45, 7) is 0. The predicted octanol–water partition coefficient (Wildman–Crippen LogP) is 4.62. The van der Waals surface area contributed by atoms with Crippen LogP contribution in [0.5, 0.6) is 0 Å². The third-order valence-corrected chi connectivity index (χ3v) is 4.65. The summed E-state index contributed by atoms with van der Waals surface area (Å²) in [5.41, 5.74) is 1.54. The Bertz CT molecular complexity index is 722. The predicted molar refractivity (Wildman–Crippen MR) is 86.5 cm³/mol. The molecule has 0 aliphatic rings. The Labute approximate surface area is 134 Å². The van der Waals surface area contributed by atoms with Gasteiger partial charge in [-0.3, -0.25) is 4.79 Å². The molecule has 0 saturated heterocycles. The van der Waals surface area contributed by atoms with Crippen molar-refractivity contribution < 1.29 is 9.21 Å². The molecule has 0 fully saturated rings. The Hall–Kier alpha value is -1.85. The van der Waals surface area contributed by atoms with Crippen molar-refractivity contribution in [3.63, 3.8) is 0 Å². The van der Waals surface area contributed by atoms with E-state index in [0.717, 1.165) is 10.4 Å². The van der Waals surface area contributed by atoms with E-state index in [4.69, 9.17) is 4.42 Å². The molecule has 21 heavy (non-hydrogen) atoms. The molecule has 0 spiro atoms. The van der Waals surface area contributed by atoms with E-state index in [1.165, 1.54) is 6.26 Å². The van der Waals surface area contributed by atoms with Crippen LogP contribution in [0.25, 0.3) is 0 Å². The van der Waals surface area contributed by atoms with Crippen LogP contribution < -0.4 is 5.32 Å². The molecule has 3 nitrogen and oxygen atoms in total. The monoisotopic (exact) mass is 361 g/mol. The molecule has 0 aliphatic heterocycles. The van der Waals surface area contributed by atoms with E-state index in [0.29, 0.717) is 10.2 Å². The number of hydrogen-bond donors (Lipinski definition) is 1. The van der Waals surface area contributed by atoms with Crippen LogP contribution in [-0.2, 0) is 0 Å². The maximum Gasteiger partial charge on any atom is 0.256 e. The third-order valence-electron chi connectivity index (χ3n) is 3.10. The van der Waals surface area contributed by atoms with E-state index in [2.05, 4.69) is 21.2 Å². The lowest BCUT2D eigenvalue weighted by Gasteiger charge is -2.17. The lowest BCUT2D eigenvalue weighted by atomic mass is 10.1. The van der Waals surface area contributed by atoms with Crippen LogP contribution in [0.3, 0.4) is 0 Å². The molecule has 0 bridgehead atoms. The zero-order chi connectivity index (χ0) is 14.7. The van der Waals surface area contributed by atoms with Crippen molar-refractivity contribution in [2.75, 3.05) is 0 Å². The average molecular weight is 362 g/mol. The van der Waals surface area contributed by atoms with Crippen molar-refractivity contribution in [3.8, 4) is 0 Å². The molecule has 1 unspecified atom stereocenters. The molecule has 2 heterocycles. The summed E-state index contributed by atoms with van der Waals surface area (Å²) in [7, 11) is 0. The minimum atomic E-state index is -0.169. The van der Waals surface area contributed by atoms with Gasteiger partial charge in [0.15, 0.2) is 4.67 Å². The fourth-order valence-electron chi connectivity index (χ4n) is 2.08. The van der Waals surface area contributed by atoms with Gasteiger partial charge in [-0.1, -0.05) is 36.4 Å². The quantitative estimate of drug-likeness (QED) is 0.736. The Kier molecular flexibility index (Phi) is 4.22. The Morgan fingerprint density at radius 2 is 1.95 bits per heavy atom. The van der Waals surface area contributed by atoms with Crippen molar-refractivity contribution in [3.05, 3.63) is 80.8 Å². The first-order valence-electron chi connectivity index (χ1n) is 6.38. The zero-order valence-corrected chi connectivity index (χ0v) is 13.4. The summed E-state index contributed by atoms with van der Waals surface area (Å²) in [6, 6.07) is 15.4. The third kappa shape index (κ3) is 3.09. The van der Waals surface area contributed by atoms with Gasteiger partial charge in [-0.05, 0) is 39.0 Å². The second-order valence-corrected chi connectivity index (χ2v) is 6.14. The van der Waals surface area contributed by atoms with Crippen molar-refractivity contribution >= 4 is 33.2 Å². The maximum atomic E-state index is 12.4. The molecular weight excluding hydrogens is 350 g/mol. The van der Waals surface area contributed by atoms with Crippen molar-refractivity contribution in [2.45, 2.75) is 6.04 Å². The number of nitrogens with one attached hydrogen (secondary N) is 1. The van der Waals surface area contributed by atoms with Gasteiger partial charge in [0.05, 0.1) is 17.9 Å². The van der Waals surface area contributed by atoms with E-state index in [-0.39, 0.29) is 11.9 Å². The maximum absolute atomic E-state index is 12.4. The normalized spacial score (nSPS) is 12.0. The Morgan fingerprint density at radius 1 is 1.14 bits per heavy atom. The lowest BCUT2D eigenvalue weighted by molar-refractivity contribution is 0.0942. The van der Waals surface area contributed by atoms with Crippen LogP contribution in [0.1, 0.15) is 26.8 Å². The first-order chi connectivity index (χ1) is 10.3. The second kappa shape index (κ2) is 6.28. The molecular formula is C16H12BrNO2S. The van der Waals surface area contributed by atoms with Crippen molar-refractivity contribution in [1.82, 2.24) is 5.32 Å². The van der Waals surface area contributed by atoms with Crippen LogP contribution in [0.2, 0.25) is 0 Å². The largest absolute Gasteiger partial charge is 0.457 e. The molecule has 1 amide bonds. The Balaban J connectivity index is 1.91. The summed E-state index contributed by atoms with van der Waals surface area (Å²) < 4.78 is 5.56. The van der Waals surface area contributed by atoms with Gasteiger partial charge in [0.2, 0.25) is 0 Å². The van der Waals surface area contributed by atoms with Gasteiger partial charge < -0.3 is 9.73 Å². The zero-order valence-electron chi connectivity index (χ0n) is 11.0. The fourth-order valence-corrected chi connectivity index (χ4v) is 3.31. The van der Waals surface area contributed by atoms with Gasteiger partial charge in [0, 0.05) is 4.88 Å². The number of hydrogen-bond acceptors (Lipinski definition) is 3. The number of thiophene rings is 1. The van der Waals surface area contributed by atoms with Crippen LogP contribution in [0.15, 0.2) is 69.3 Å². The van der Waals surface area contributed by atoms with E-state index >= 15 is 0 Å². The molecule has 1 N–H and O–H groups in total. The number of benzene rings is 1. The van der Waals surface area contributed by atoms with Crippen LogP contribution in [-0.4, -0.2) is 5.91 Å². The van der Waals surface area contributed by atoms with Crippen LogP contribution >= 0.6 is 27.3 Å². The first-order valence-corrected chi connectivity index (χ1v) is 8.05. The van der Waals surface area contributed by atoms with Gasteiger partial charge in [-0.25, -0.2) is 0 Å². The van der Waals surface area contributed by atoms with E-state index in [9.17, 15) is 4.79 Å². The highest BCUT2D eigenvalue weighted by Gasteiger charge is 2.20.